The number of para-hydroxylation sites is 1. The van der Waals surface area contributed by atoms with E-state index in [9.17, 15) is 4.79 Å². The lowest BCUT2D eigenvalue weighted by Gasteiger charge is -2.26. The number of carbonyl (C=O) groups is 1. The molecule has 25 heavy (non-hydrogen) atoms. The van der Waals surface area contributed by atoms with Gasteiger partial charge in [-0.05, 0) is 24.1 Å². The lowest BCUT2D eigenvalue weighted by atomic mass is 10.1. The third-order valence-corrected chi connectivity index (χ3v) is 4.64. The summed E-state index contributed by atoms with van der Waals surface area (Å²) in [5.74, 6) is 0.955. The largest absolute Gasteiger partial charge is 0.371 e. The molecule has 2 aromatic carbocycles. The van der Waals surface area contributed by atoms with Gasteiger partial charge in [-0.1, -0.05) is 42.5 Å². The molecule has 1 aliphatic heterocycles. The number of aryl methyl sites for hydroxylation is 1. The number of nitrogens with zero attached hydrogens (tertiary/aromatic N) is 2. The minimum absolute atomic E-state index is 0.0268. The van der Waals surface area contributed by atoms with Crippen LogP contribution < -0.4 is 5.32 Å². The second-order valence-electron chi connectivity index (χ2n) is 6.48. The van der Waals surface area contributed by atoms with Crippen LogP contribution in [0.1, 0.15) is 23.0 Å². The first-order valence-corrected chi connectivity index (χ1v) is 8.57. The highest BCUT2D eigenvalue weighted by atomic mass is 16.5. The average molecular weight is 335 g/mol. The van der Waals surface area contributed by atoms with Crippen LogP contribution in [0.15, 0.2) is 48.5 Å². The molecule has 1 N–H and O–H groups in total. The molecule has 2 heterocycles. The van der Waals surface area contributed by atoms with Crippen LogP contribution in [0.3, 0.4) is 0 Å². The van der Waals surface area contributed by atoms with Crippen LogP contribution in [-0.2, 0) is 22.6 Å². The van der Waals surface area contributed by atoms with Crippen LogP contribution in [0.5, 0.6) is 0 Å². The zero-order valence-electron chi connectivity index (χ0n) is 14.2. The summed E-state index contributed by atoms with van der Waals surface area (Å²) < 4.78 is 7.91. The maximum atomic E-state index is 12.2. The van der Waals surface area contributed by atoms with E-state index < -0.39 is 0 Å². The van der Waals surface area contributed by atoms with Crippen LogP contribution >= 0.6 is 0 Å². The lowest BCUT2D eigenvalue weighted by Crippen LogP contribution is -2.36. The Morgan fingerprint density at radius 2 is 2.08 bits per heavy atom. The smallest absolute Gasteiger partial charge is 0.224 e. The van der Waals surface area contributed by atoms with Crippen molar-refractivity contribution in [2.24, 2.45) is 0 Å². The van der Waals surface area contributed by atoms with Crippen LogP contribution in [0.4, 0.5) is 0 Å². The number of ether oxygens (including phenoxy) is 1. The van der Waals surface area contributed by atoms with Gasteiger partial charge in [0.15, 0.2) is 0 Å². The van der Waals surface area contributed by atoms with Gasteiger partial charge >= 0.3 is 0 Å². The van der Waals surface area contributed by atoms with Gasteiger partial charge < -0.3 is 14.6 Å². The summed E-state index contributed by atoms with van der Waals surface area (Å²) in [5.41, 5.74) is 4.31. The molecule has 1 atom stereocenters. The van der Waals surface area contributed by atoms with Gasteiger partial charge in [-0.2, -0.15) is 0 Å². The molecule has 5 heteroatoms. The molecule has 128 valence electrons. The summed E-state index contributed by atoms with van der Waals surface area (Å²) in [7, 11) is 0. The predicted octanol–water partition coefficient (Wildman–Crippen LogP) is 2.77. The molecular formula is C20H21N3O2. The summed E-state index contributed by atoms with van der Waals surface area (Å²) in [6.45, 7) is 3.71. The summed E-state index contributed by atoms with van der Waals surface area (Å²) in [4.78, 5) is 17.0. The Balaban J connectivity index is 1.50. The van der Waals surface area contributed by atoms with Crippen molar-refractivity contribution in [1.82, 2.24) is 14.9 Å². The molecule has 1 unspecified atom stereocenters. The maximum absolute atomic E-state index is 12.2. The Labute approximate surface area is 146 Å². The van der Waals surface area contributed by atoms with Crippen molar-refractivity contribution < 1.29 is 9.53 Å². The molecule has 3 aromatic rings. The SMILES string of the molecule is Cc1cccc2c1nc1n2C(CNC(=O)Cc2ccccc2)COC1. The molecule has 1 aliphatic rings. The number of fused-ring (bicyclic) bond motifs is 3. The van der Waals surface area contributed by atoms with Crippen molar-refractivity contribution in [2.45, 2.75) is 26.0 Å². The first-order chi connectivity index (χ1) is 12.2. The highest BCUT2D eigenvalue weighted by Crippen LogP contribution is 2.27. The van der Waals surface area contributed by atoms with E-state index in [1.54, 1.807) is 0 Å². The number of aromatic nitrogens is 2. The second-order valence-corrected chi connectivity index (χ2v) is 6.48. The fourth-order valence-electron chi connectivity index (χ4n) is 3.40. The normalized spacial score (nSPS) is 16.6. The molecule has 5 nitrogen and oxygen atoms in total. The fraction of sp³-hybridized carbons (Fsp3) is 0.300. The Morgan fingerprint density at radius 3 is 2.92 bits per heavy atom. The molecule has 0 saturated carbocycles. The number of hydrogen-bond donors (Lipinski definition) is 1. The van der Waals surface area contributed by atoms with Crippen LogP contribution in [0.25, 0.3) is 11.0 Å². The first-order valence-electron chi connectivity index (χ1n) is 8.57. The van der Waals surface area contributed by atoms with Gasteiger partial charge in [0, 0.05) is 6.54 Å². The predicted molar refractivity (Wildman–Crippen MR) is 96.3 cm³/mol. The van der Waals surface area contributed by atoms with E-state index in [2.05, 4.69) is 28.9 Å². The number of amides is 1. The van der Waals surface area contributed by atoms with Gasteiger partial charge in [0.1, 0.15) is 12.4 Å². The molecule has 0 radical (unpaired) electrons. The second kappa shape index (κ2) is 6.69. The third-order valence-electron chi connectivity index (χ3n) is 4.64. The van der Waals surface area contributed by atoms with Crippen molar-refractivity contribution >= 4 is 16.9 Å². The standard InChI is InChI=1S/C20H21N3O2/c1-14-6-5-9-17-20(14)22-18-13-25-12-16(23(17)18)11-21-19(24)10-15-7-3-2-4-8-15/h2-9,16H,10-13H2,1H3,(H,21,24). The van der Waals surface area contributed by atoms with E-state index in [1.165, 1.54) is 0 Å². The molecular weight excluding hydrogens is 314 g/mol. The van der Waals surface area contributed by atoms with Crippen molar-refractivity contribution in [3.8, 4) is 0 Å². The summed E-state index contributed by atoms with van der Waals surface area (Å²) in [6, 6.07) is 16.0. The summed E-state index contributed by atoms with van der Waals surface area (Å²) in [5, 5.41) is 3.04. The van der Waals surface area contributed by atoms with E-state index in [4.69, 9.17) is 9.72 Å². The molecule has 0 aliphatic carbocycles. The van der Waals surface area contributed by atoms with Gasteiger partial charge in [0.2, 0.25) is 5.91 Å². The zero-order chi connectivity index (χ0) is 17.2. The molecule has 1 amide bonds. The van der Waals surface area contributed by atoms with Crippen molar-refractivity contribution in [1.29, 1.82) is 0 Å². The van der Waals surface area contributed by atoms with Gasteiger partial charge in [0.05, 0.1) is 30.1 Å². The molecule has 0 bridgehead atoms. The highest BCUT2D eigenvalue weighted by Gasteiger charge is 2.24. The van der Waals surface area contributed by atoms with E-state index in [-0.39, 0.29) is 11.9 Å². The van der Waals surface area contributed by atoms with Crippen molar-refractivity contribution in [2.75, 3.05) is 13.2 Å². The minimum atomic E-state index is 0.0268. The van der Waals surface area contributed by atoms with E-state index in [1.807, 2.05) is 36.4 Å². The van der Waals surface area contributed by atoms with E-state index >= 15 is 0 Å². The number of imidazole rings is 1. The number of rotatable bonds is 4. The Morgan fingerprint density at radius 1 is 1.24 bits per heavy atom. The Hall–Kier alpha value is -2.66. The van der Waals surface area contributed by atoms with E-state index in [0.29, 0.717) is 26.2 Å². The van der Waals surface area contributed by atoms with Gasteiger partial charge in [-0.3, -0.25) is 4.79 Å². The number of hydrogen-bond acceptors (Lipinski definition) is 3. The van der Waals surface area contributed by atoms with Gasteiger partial charge in [0.25, 0.3) is 0 Å². The number of benzene rings is 2. The van der Waals surface area contributed by atoms with Crippen molar-refractivity contribution in [3.05, 3.63) is 65.5 Å². The molecule has 0 spiro atoms. The monoisotopic (exact) mass is 335 g/mol. The lowest BCUT2D eigenvalue weighted by molar-refractivity contribution is -0.120. The zero-order valence-corrected chi connectivity index (χ0v) is 14.2. The third kappa shape index (κ3) is 3.15. The topological polar surface area (TPSA) is 56.2 Å². The number of nitrogens with one attached hydrogen (secondary N) is 1. The molecule has 0 saturated heterocycles. The maximum Gasteiger partial charge on any atom is 0.224 e. The quantitative estimate of drug-likeness (QED) is 0.798. The number of carbonyl (C=O) groups excluding carboxylic acids is 1. The van der Waals surface area contributed by atoms with Gasteiger partial charge in [-0.15, -0.1) is 0 Å². The highest BCUT2D eigenvalue weighted by molar-refractivity contribution is 5.80. The average Bonchev–Trinajstić information content (AvgIpc) is 3.02. The van der Waals surface area contributed by atoms with Crippen molar-refractivity contribution in [3.63, 3.8) is 0 Å². The van der Waals surface area contributed by atoms with Crippen LogP contribution in [0.2, 0.25) is 0 Å². The minimum Gasteiger partial charge on any atom is -0.371 e. The van der Waals surface area contributed by atoms with Crippen LogP contribution in [0, 0.1) is 6.92 Å². The summed E-state index contributed by atoms with van der Waals surface area (Å²) in [6.07, 6.45) is 0.394. The molecule has 0 fully saturated rings. The summed E-state index contributed by atoms with van der Waals surface area (Å²) >= 11 is 0. The first kappa shape index (κ1) is 15.8. The Kier molecular flexibility index (Phi) is 4.24. The van der Waals surface area contributed by atoms with Gasteiger partial charge in [-0.25, -0.2) is 4.98 Å². The Bertz CT molecular complexity index is 902. The van der Waals surface area contributed by atoms with Crippen LogP contribution in [-0.4, -0.2) is 28.6 Å². The molecule has 4 rings (SSSR count). The van der Waals surface area contributed by atoms with E-state index in [0.717, 1.165) is 28.0 Å². The fourth-order valence-corrected chi connectivity index (χ4v) is 3.40. The molecule has 1 aromatic heterocycles.